The van der Waals surface area contributed by atoms with E-state index < -0.39 is 5.60 Å². The van der Waals surface area contributed by atoms with Gasteiger partial charge in [-0.3, -0.25) is 0 Å². The van der Waals surface area contributed by atoms with E-state index in [1.807, 2.05) is 0 Å². The molecule has 10 heavy (non-hydrogen) atoms. The molecule has 0 aromatic heterocycles. The smallest absolute Gasteiger partial charge is 0.111 e. The van der Waals surface area contributed by atoms with Gasteiger partial charge in [0.05, 0.1) is 12.7 Å². The SMILES string of the molecule is CC(O)(CO)C1CCCO1. The summed E-state index contributed by atoms with van der Waals surface area (Å²) in [7, 11) is 0. The Morgan fingerprint density at radius 1 is 1.70 bits per heavy atom. The highest BCUT2D eigenvalue weighted by atomic mass is 16.5. The van der Waals surface area contributed by atoms with Gasteiger partial charge >= 0.3 is 0 Å². The van der Waals surface area contributed by atoms with E-state index >= 15 is 0 Å². The largest absolute Gasteiger partial charge is 0.393 e. The second kappa shape index (κ2) is 2.86. The fourth-order valence-electron chi connectivity index (χ4n) is 1.17. The third-order valence-corrected chi connectivity index (χ3v) is 1.94. The molecule has 3 heteroatoms. The molecule has 0 saturated carbocycles. The number of rotatable bonds is 2. The zero-order valence-electron chi connectivity index (χ0n) is 6.21. The molecule has 0 aromatic carbocycles. The van der Waals surface area contributed by atoms with E-state index in [-0.39, 0.29) is 12.7 Å². The average molecular weight is 146 g/mol. The topological polar surface area (TPSA) is 49.7 Å². The number of hydrogen-bond donors (Lipinski definition) is 2. The fourth-order valence-corrected chi connectivity index (χ4v) is 1.17. The lowest BCUT2D eigenvalue weighted by atomic mass is 9.98. The summed E-state index contributed by atoms with van der Waals surface area (Å²) in [5.74, 6) is 0. The number of aliphatic hydroxyl groups excluding tert-OH is 1. The van der Waals surface area contributed by atoms with E-state index in [2.05, 4.69) is 0 Å². The van der Waals surface area contributed by atoms with Crippen molar-refractivity contribution in [3.63, 3.8) is 0 Å². The number of ether oxygens (including phenoxy) is 1. The molecule has 2 unspecified atom stereocenters. The average Bonchev–Trinajstić information content (AvgIpc) is 2.38. The van der Waals surface area contributed by atoms with Gasteiger partial charge < -0.3 is 14.9 Å². The predicted octanol–water partition coefficient (Wildman–Crippen LogP) is -0.0913. The minimum Gasteiger partial charge on any atom is -0.393 e. The molecule has 0 aromatic rings. The van der Waals surface area contributed by atoms with E-state index in [1.165, 1.54) is 0 Å². The van der Waals surface area contributed by atoms with Crippen molar-refractivity contribution < 1.29 is 14.9 Å². The van der Waals surface area contributed by atoms with Crippen LogP contribution < -0.4 is 0 Å². The lowest BCUT2D eigenvalue weighted by Crippen LogP contribution is -2.42. The second-order valence-electron chi connectivity index (χ2n) is 3.02. The zero-order chi connectivity index (χ0) is 7.61. The van der Waals surface area contributed by atoms with Crippen molar-refractivity contribution in [2.45, 2.75) is 31.5 Å². The molecule has 0 amide bonds. The highest BCUT2D eigenvalue weighted by molar-refractivity contribution is 4.84. The third kappa shape index (κ3) is 1.48. The van der Waals surface area contributed by atoms with Gasteiger partial charge in [0.2, 0.25) is 0 Å². The maximum atomic E-state index is 9.45. The van der Waals surface area contributed by atoms with Crippen molar-refractivity contribution >= 4 is 0 Å². The van der Waals surface area contributed by atoms with Crippen LogP contribution in [-0.4, -0.2) is 35.1 Å². The van der Waals surface area contributed by atoms with Crippen LogP contribution in [-0.2, 0) is 4.74 Å². The van der Waals surface area contributed by atoms with Crippen molar-refractivity contribution in [3.8, 4) is 0 Å². The van der Waals surface area contributed by atoms with Gasteiger partial charge in [-0.2, -0.15) is 0 Å². The summed E-state index contributed by atoms with van der Waals surface area (Å²) >= 11 is 0. The summed E-state index contributed by atoms with van der Waals surface area (Å²) in [6, 6.07) is 0. The zero-order valence-corrected chi connectivity index (χ0v) is 6.21. The first-order valence-electron chi connectivity index (χ1n) is 3.61. The normalized spacial score (nSPS) is 32.1. The lowest BCUT2D eigenvalue weighted by Gasteiger charge is -2.26. The summed E-state index contributed by atoms with van der Waals surface area (Å²) in [6.45, 7) is 2.08. The minimum absolute atomic E-state index is 0.169. The molecule has 2 N–H and O–H groups in total. The van der Waals surface area contributed by atoms with Crippen LogP contribution in [0.3, 0.4) is 0 Å². The molecule has 1 saturated heterocycles. The summed E-state index contributed by atoms with van der Waals surface area (Å²) in [6.07, 6.45) is 1.67. The van der Waals surface area contributed by atoms with E-state index in [0.717, 1.165) is 12.8 Å². The maximum absolute atomic E-state index is 9.45. The molecular weight excluding hydrogens is 132 g/mol. The van der Waals surface area contributed by atoms with Gasteiger partial charge in [-0.25, -0.2) is 0 Å². The van der Waals surface area contributed by atoms with Crippen LogP contribution in [0.15, 0.2) is 0 Å². The summed E-state index contributed by atoms with van der Waals surface area (Å²) in [5, 5.41) is 18.2. The Labute approximate surface area is 60.6 Å². The summed E-state index contributed by atoms with van der Waals surface area (Å²) < 4.78 is 5.20. The summed E-state index contributed by atoms with van der Waals surface area (Å²) in [5.41, 5.74) is -1.05. The fraction of sp³-hybridized carbons (Fsp3) is 1.00. The van der Waals surface area contributed by atoms with Crippen LogP contribution >= 0.6 is 0 Å². The van der Waals surface area contributed by atoms with Gasteiger partial charge in [0, 0.05) is 6.61 Å². The molecule has 0 spiro atoms. The van der Waals surface area contributed by atoms with E-state index in [0.29, 0.717) is 6.61 Å². The molecule has 1 aliphatic rings. The molecule has 1 heterocycles. The van der Waals surface area contributed by atoms with Crippen LogP contribution in [0.25, 0.3) is 0 Å². The monoisotopic (exact) mass is 146 g/mol. The van der Waals surface area contributed by atoms with Crippen molar-refractivity contribution in [2.75, 3.05) is 13.2 Å². The molecule has 1 aliphatic heterocycles. The van der Waals surface area contributed by atoms with Gasteiger partial charge in [0.15, 0.2) is 0 Å². The quantitative estimate of drug-likeness (QED) is 0.572. The van der Waals surface area contributed by atoms with Crippen LogP contribution in [0.1, 0.15) is 19.8 Å². The van der Waals surface area contributed by atoms with Gasteiger partial charge in [0.1, 0.15) is 5.60 Å². The Morgan fingerprint density at radius 2 is 2.40 bits per heavy atom. The Hall–Kier alpha value is -0.120. The van der Waals surface area contributed by atoms with Gasteiger partial charge in [-0.15, -0.1) is 0 Å². The van der Waals surface area contributed by atoms with E-state index in [1.54, 1.807) is 6.92 Å². The first-order chi connectivity index (χ1) is 4.67. The first-order valence-corrected chi connectivity index (χ1v) is 3.61. The lowest BCUT2D eigenvalue weighted by molar-refractivity contribution is -0.0995. The molecule has 1 fully saturated rings. The minimum atomic E-state index is -1.05. The van der Waals surface area contributed by atoms with Crippen LogP contribution in [0.4, 0.5) is 0 Å². The molecule has 60 valence electrons. The molecule has 2 atom stereocenters. The Kier molecular flexibility index (Phi) is 2.28. The number of aliphatic hydroxyl groups is 2. The molecular formula is C7H14O3. The first kappa shape index (κ1) is 7.98. The highest BCUT2D eigenvalue weighted by Gasteiger charge is 2.34. The standard InChI is InChI=1S/C7H14O3/c1-7(9,5-8)6-3-2-4-10-6/h6,8-9H,2-5H2,1H3. The second-order valence-corrected chi connectivity index (χ2v) is 3.02. The van der Waals surface area contributed by atoms with Crippen molar-refractivity contribution in [1.82, 2.24) is 0 Å². The molecule has 0 radical (unpaired) electrons. The van der Waals surface area contributed by atoms with Crippen molar-refractivity contribution in [1.29, 1.82) is 0 Å². The van der Waals surface area contributed by atoms with Crippen LogP contribution in [0.5, 0.6) is 0 Å². The third-order valence-electron chi connectivity index (χ3n) is 1.94. The highest BCUT2D eigenvalue weighted by Crippen LogP contribution is 2.22. The summed E-state index contributed by atoms with van der Waals surface area (Å²) in [4.78, 5) is 0. The molecule has 1 rings (SSSR count). The van der Waals surface area contributed by atoms with Crippen LogP contribution in [0, 0.1) is 0 Å². The van der Waals surface area contributed by atoms with E-state index in [9.17, 15) is 5.11 Å². The Balaban J connectivity index is 2.45. The molecule has 0 bridgehead atoms. The number of hydrogen-bond acceptors (Lipinski definition) is 3. The van der Waals surface area contributed by atoms with Gasteiger partial charge in [-0.1, -0.05) is 0 Å². The van der Waals surface area contributed by atoms with E-state index in [4.69, 9.17) is 9.84 Å². The predicted molar refractivity (Wildman–Crippen MR) is 36.7 cm³/mol. The van der Waals surface area contributed by atoms with Crippen molar-refractivity contribution in [3.05, 3.63) is 0 Å². The van der Waals surface area contributed by atoms with Gasteiger partial charge in [-0.05, 0) is 19.8 Å². The van der Waals surface area contributed by atoms with Crippen LogP contribution in [0.2, 0.25) is 0 Å². The Bertz CT molecular complexity index is 105. The Morgan fingerprint density at radius 3 is 2.80 bits per heavy atom. The maximum Gasteiger partial charge on any atom is 0.111 e. The molecule has 0 aliphatic carbocycles. The van der Waals surface area contributed by atoms with Gasteiger partial charge in [0.25, 0.3) is 0 Å². The van der Waals surface area contributed by atoms with Crippen molar-refractivity contribution in [2.24, 2.45) is 0 Å². The molecule has 3 nitrogen and oxygen atoms in total.